The molecule has 0 aliphatic rings. The Balaban J connectivity index is 4.00. The van der Waals surface area contributed by atoms with Gasteiger partial charge in [0.1, 0.15) is 0 Å². The van der Waals surface area contributed by atoms with Crippen LogP contribution in [0.5, 0.6) is 0 Å². The first kappa shape index (κ1) is 18.8. The van der Waals surface area contributed by atoms with Gasteiger partial charge < -0.3 is 25.5 Å². The molecule has 118 valence electrons. The van der Waals surface area contributed by atoms with Gasteiger partial charge in [-0.1, -0.05) is 6.92 Å². The second-order valence-electron chi connectivity index (χ2n) is 4.99. The van der Waals surface area contributed by atoms with Gasteiger partial charge in [0.15, 0.2) is 5.92 Å². The highest BCUT2D eigenvalue weighted by atomic mass is 16.4. The summed E-state index contributed by atoms with van der Waals surface area (Å²) in [6.07, 6.45) is -0.800. The minimum absolute atomic E-state index is 0.125. The average molecular weight is 292 g/mol. The van der Waals surface area contributed by atoms with Crippen molar-refractivity contribution in [2.24, 2.45) is 5.92 Å². The zero-order valence-electron chi connectivity index (χ0n) is 11.6. The molecule has 0 saturated heterocycles. The van der Waals surface area contributed by atoms with Crippen LogP contribution in [0.15, 0.2) is 0 Å². The molecule has 20 heavy (non-hydrogen) atoms. The number of carboxylic acid groups (broad SMARTS) is 2. The van der Waals surface area contributed by atoms with Gasteiger partial charge in [0.05, 0.1) is 18.3 Å². The van der Waals surface area contributed by atoms with E-state index in [1.807, 2.05) is 6.92 Å². The number of aliphatic hydroxyl groups is 3. The standard InChI is InChI=1S/C13H24O7/c1-2-8(14)3-4-9(15)5-6-10(16)7-11(12(17)18)13(19)20/h8-11,14-16H,2-7H2,1H3,(H,17,18)(H,19,20). The maximum atomic E-state index is 10.7. The quantitative estimate of drug-likeness (QED) is 0.343. The Morgan fingerprint density at radius 3 is 1.60 bits per heavy atom. The first-order chi connectivity index (χ1) is 9.27. The van der Waals surface area contributed by atoms with E-state index in [1.54, 1.807) is 0 Å². The third-order valence-electron chi connectivity index (χ3n) is 3.24. The molecule has 0 fully saturated rings. The Kier molecular flexibility index (Phi) is 9.11. The van der Waals surface area contributed by atoms with Crippen molar-refractivity contribution in [3.63, 3.8) is 0 Å². The van der Waals surface area contributed by atoms with Crippen molar-refractivity contribution in [2.45, 2.75) is 63.8 Å². The number of aliphatic hydroxyl groups excluding tert-OH is 3. The van der Waals surface area contributed by atoms with Crippen molar-refractivity contribution in [1.29, 1.82) is 0 Å². The number of hydrogen-bond acceptors (Lipinski definition) is 5. The molecule has 0 amide bonds. The number of carbonyl (C=O) groups is 2. The fraction of sp³-hybridized carbons (Fsp3) is 0.846. The lowest BCUT2D eigenvalue weighted by atomic mass is 9.96. The molecule has 0 rings (SSSR count). The van der Waals surface area contributed by atoms with E-state index >= 15 is 0 Å². The van der Waals surface area contributed by atoms with E-state index in [1.165, 1.54) is 0 Å². The number of hydrogen-bond donors (Lipinski definition) is 5. The molecule has 0 saturated carbocycles. The van der Waals surface area contributed by atoms with Gasteiger partial charge in [-0.05, 0) is 38.5 Å². The molecular formula is C13H24O7. The third-order valence-corrected chi connectivity index (χ3v) is 3.24. The monoisotopic (exact) mass is 292 g/mol. The lowest BCUT2D eigenvalue weighted by molar-refractivity contribution is -0.156. The number of rotatable bonds is 11. The molecule has 3 atom stereocenters. The lowest BCUT2D eigenvalue weighted by Crippen LogP contribution is -2.28. The van der Waals surface area contributed by atoms with E-state index in [0.29, 0.717) is 19.3 Å². The van der Waals surface area contributed by atoms with E-state index in [9.17, 15) is 24.9 Å². The smallest absolute Gasteiger partial charge is 0.317 e. The maximum absolute atomic E-state index is 10.7. The van der Waals surface area contributed by atoms with Crippen molar-refractivity contribution < 1.29 is 35.1 Å². The number of aliphatic carboxylic acids is 2. The van der Waals surface area contributed by atoms with Gasteiger partial charge in [-0.3, -0.25) is 9.59 Å². The second-order valence-corrected chi connectivity index (χ2v) is 4.99. The molecule has 3 unspecified atom stereocenters. The van der Waals surface area contributed by atoms with Gasteiger partial charge in [0.25, 0.3) is 0 Å². The van der Waals surface area contributed by atoms with Crippen molar-refractivity contribution in [2.75, 3.05) is 0 Å². The van der Waals surface area contributed by atoms with Gasteiger partial charge in [-0.15, -0.1) is 0 Å². The van der Waals surface area contributed by atoms with Gasteiger partial charge >= 0.3 is 11.9 Å². The van der Waals surface area contributed by atoms with Gasteiger partial charge in [-0.25, -0.2) is 0 Å². The summed E-state index contributed by atoms with van der Waals surface area (Å²) >= 11 is 0. The van der Waals surface area contributed by atoms with Crippen LogP contribution >= 0.6 is 0 Å². The molecule has 0 bridgehead atoms. The van der Waals surface area contributed by atoms with Crippen LogP contribution in [-0.2, 0) is 9.59 Å². The summed E-state index contributed by atoms with van der Waals surface area (Å²) in [6.45, 7) is 1.83. The summed E-state index contributed by atoms with van der Waals surface area (Å²) in [4.78, 5) is 21.3. The molecule has 0 aliphatic carbocycles. The SMILES string of the molecule is CCC(O)CCC(O)CCC(O)CC(C(=O)O)C(=O)O. The summed E-state index contributed by atoms with van der Waals surface area (Å²) in [7, 11) is 0. The van der Waals surface area contributed by atoms with Crippen LogP contribution in [0, 0.1) is 5.92 Å². The fourth-order valence-electron chi connectivity index (χ4n) is 1.82. The Labute approximate surface area is 117 Å². The highest BCUT2D eigenvalue weighted by molar-refractivity contribution is 5.92. The topological polar surface area (TPSA) is 135 Å². The number of carboxylic acids is 2. The fourth-order valence-corrected chi connectivity index (χ4v) is 1.82. The van der Waals surface area contributed by atoms with Crippen LogP contribution in [0.1, 0.15) is 45.4 Å². The first-order valence-corrected chi connectivity index (χ1v) is 6.77. The van der Waals surface area contributed by atoms with E-state index in [2.05, 4.69) is 0 Å². The van der Waals surface area contributed by atoms with Crippen LogP contribution in [0.25, 0.3) is 0 Å². The predicted molar refractivity (Wildman–Crippen MR) is 70.2 cm³/mol. The normalized spacial score (nSPS) is 15.8. The summed E-state index contributed by atoms with van der Waals surface area (Å²) in [5.74, 6) is -4.60. The minimum atomic E-state index is -1.64. The molecule has 0 spiro atoms. The second kappa shape index (κ2) is 9.68. The summed E-state index contributed by atoms with van der Waals surface area (Å²) in [5, 5.41) is 45.9. The predicted octanol–water partition coefficient (Wildman–Crippen LogP) is 0.215. The lowest BCUT2D eigenvalue weighted by Gasteiger charge is -2.17. The van der Waals surface area contributed by atoms with E-state index in [4.69, 9.17) is 10.2 Å². The van der Waals surface area contributed by atoms with Crippen molar-refractivity contribution in [3.8, 4) is 0 Å². The van der Waals surface area contributed by atoms with Crippen molar-refractivity contribution in [3.05, 3.63) is 0 Å². The Hall–Kier alpha value is -1.18. The molecule has 0 aromatic heterocycles. The van der Waals surface area contributed by atoms with E-state index in [0.717, 1.165) is 0 Å². The van der Waals surface area contributed by atoms with E-state index in [-0.39, 0.29) is 19.3 Å². The molecule has 7 nitrogen and oxygen atoms in total. The minimum Gasteiger partial charge on any atom is -0.481 e. The van der Waals surface area contributed by atoms with E-state index < -0.39 is 36.2 Å². The molecule has 0 aromatic carbocycles. The van der Waals surface area contributed by atoms with Crippen LogP contribution in [0.2, 0.25) is 0 Å². The molecule has 5 N–H and O–H groups in total. The Morgan fingerprint density at radius 1 is 0.800 bits per heavy atom. The maximum Gasteiger partial charge on any atom is 0.317 e. The van der Waals surface area contributed by atoms with Crippen LogP contribution in [0.4, 0.5) is 0 Å². The zero-order chi connectivity index (χ0) is 15.7. The zero-order valence-corrected chi connectivity index (χ0v) is 11.6. The average Bonchev–Trinajstić information content (AvgIpc) is 2.38. The first-order valence-electron chi connectivity index (χ1n) is 6.77. The summed E-state index contributed by atoms with van der Waals surface area (Å²) in [6, 6.07) is 0. The molecule has 0 aromatic rings. The summed E-state index contributed by atoms with van der Waals surface area (Å²) < 4.78 is 0. The largest absolute Gasteiger partial charge is 0.481 e. The van der Waals surface area contributed by atoms with Gasteiger partial charge in [-0.2, -0.15) is 0 Å². The van der Waals surface area contributed by atoms with Crippen LogP contribution in [0.3, 0.4) is 0 Å². The third kappa shape index (κ3) is 8.08. The highest BCUT2D eigenvalue weighted by Gasteiger charge is 2.28. The molecule has 7 heteroatoms. The molecule has 0 heterocycles. The van der Waals surface area contributed by atoms with Gasteiger partial charge in [0.2, 0.25) is 0 Å². The molecular weight excluding hydrogens is 268 g/mol. The molecule has 0 aliphatic heterocycles. The van der Waals surface area contributed by atoms with Crippen molar-refractivity contribution in [1.82, 2.24) is 0 Å². The Morgan fingerprint density at radius 2 is 1.20 bits per heavy atom. The molecule has 0 radical (unpaired) electrons. The Bertz CT molecular complexity index is 291. The van der Waals surface area contributed by atoms with Gasteiger partial charge in [0, 0.05) is 0 Å². The van der Waals surface area contributed by atoms with Crippen molar-refractivity contribution >= 4 is 11.9 Å². The van der Waals surface area contributed by atoms with Crippen LogP contribution in [-0.4, -0.2) is 55.8 Å². The van der Waals surface area contributed by atoms with Crippen LogP contribution < -0.4 is 0 Å². The summed E-state index contributed by atoms with van der Waals surface area (Å²) in [5.41, 5.74) is 0. The highest BCUT2D eigenvalue weighted by Crippen LogP contribution is 2.15.